The van der Waals surface area contributed by atoms with E-state index in [2.05, 4.69) is 26.8 Å². The van der Waals surface area contributed by atoms with Crippen LogP contribution in [0, 0.1) is 56.7 Å². The fraction of sp³-hybridized carbons (Fsp3) is 0.714. The first-order valence-corrected chi connectivity index (χ1v) is 12.5. The highest BCUT2D eigenvalue weighted by Gasteiger charge is 2.63. The van der Waals surface area contributed by atoms with Gasteiger partial charge in [0, 0.05) is 17.8 Å². The van der Waals surface area contributed by atoms with Crippen LogP contribution in [0.3, 0.4) is 0 Å². The number of hydrogen-bond donors (Lipinski definition) is 1. The van der Waals surface area contributed by atoms with Gasteiger partial charge in [-0.25, -0.2) is 0 Å². The third kappa shape index (κ3) is 2.92. The van der Waals surface area contributed by atoms with Crippen molar-refractivity contribution in [2.75, 3.05) is 0 Å². The third-order valence-electron chi connectivity index (χ3n) is 11.0. The Bertz CT molecular complexity index is 1060. The van der Waals surface area contributed by atoms with Crippen molar-refractivity contribution in [3.63, 3.8) is 0 Å². The van der Waals surface area contributed by atoms with Crippen LogP contribution in [0.25, 0.3) is 0 Å². The van der Waals surface area contributed by atoms with Crippen LogP contribution < -0.4 is 0 Å². The van der Waals surface area contributed by atoms with Gasteiger partial charge in [-0.15, -0.1) is 0 Å². The van der Waals surface area contributed by atoms with E-state index in [-0.39, 0.29) is 51.6 Å². The van der Waals surface area contributed by atoms with E-state index < -0.39 is 16.8 Å². The van der Waals surface area contributed by atoms with Crippen molar-refractivity contribution in [3.8, 4) is 6.07 Å². The maximum absolute atomic E-state index is 13.9. The molecule has 176 valence electrons. The number of ketones is 2. The topological polar surface area (TPSA) is 95.2 Å². The maximum Gasteiger partial charge on any atom is 0.309 e. The van der Waals surface area contributed by atoms with Crippen LogP contribution in [0.1, 0.15) is 79.1 Å². The summed E-state index contributed by atoms with van der Waals surface area (Å²) < 4.78 is 0. The fourth-order valence-electron chi connectivity index (χ4n) is 8.71. The van der Waals surface area contributed by atoms with Gasteiger partial charge in [0.25, 0.3) is 0 Å². The Labute approximate surface area is 196 Å². The summed E-state index contributed by atoms with van der Waals surface area (Å²) in [5, 5.41) is 19.5. The molecule has 0 heterocycles. The summed E-state index contributed by atoms with van der Waals surface area (Å²) in [5.41, 5.74) is -0.0309. The second-order valence-electron chi connectivity index (χ2n) is 12.7. The minimum atomic E-state index is -0.769. The van der Waals surface area contributed by atoms with Gasteiger partial charge < -0.3 is 5.11 Å². The second kappa shape index (κ2) is 6.90. The van der Waals surface area contributed by atoms with Gasteiger partial charge in [-0.1, -0.05) is 32.4 Å². The zero-order valence-electron chi connectivity index (χ0n) is 20.2. The predicted octanol–water partition coefficient (Wildman–Crippen LogP) is 5.26. The molecule has 5 heteroatoms. The van der Waals surface area contributed by atoms with E-state index in [0.29, 0.717) is 19.3 Å². The van der Waals surface area contributed by atoms with Crippen molar-refractivity contribution < 1.29 is 19.5 Å². The van der Waals surface area contributed by atoms with E-state index in [4.69, 9.17) is 0 Å². The monoisotopic (exact) mass is 449 g/mol. The Morgan fingerprint density at radius 3 is 2.45 bits per heavy atom. The fourth-order valence-corrected chi connectivity index (χ4v) is 8.71. The number of nitriles is 1. The number of aliphatic carboxylic acids is 1. The molecular formula is C28H35NO4. The lowest BCUT2D eigenvalue weighted by atomic mass is 9.40. The molecule has 7 unspecified atom stereocenters. The van der Waals surface area contributed by atoms with Gasteiger partial charge in [-0.05, 0) is 86.5 Å². The molecule has 0 bridgehead atoms. The molecule has 5 aliphatic carbocycles. The third-order valence-corrected chi connectivity index (χ3v) is 11.0. The van der Waals surface area contributed by atoms with Crippen molar-refractivity contribution in [1.29, 1.82) is 5.26 Å². The zero-order valence-corrected chi connectivity index (χ0v) is 20.2. The molecule has 33 heavy (non-hydrogen) atoms. The molecule has 8 atom stereocenters. The minimum absolute atomic E-state index is 0.0136. The van der Waals surface area contributed by atoms with Crippen molar-refractivity contribution in [3.05, 3.63) is 23.3 Å². The maximum atomic E-state index is 13.9. The SMILES string of the molecule is CC12CCC3C(C(=O)C=C4C5(C)C=C(C#N)C(=O)CC5CCC43C)C1C[C@@](C)(C(=O)O)CC2. The summed E-state index contributed by atoms with van der Waals surface area (Å²) >= 11 is 0. The van der Waals surface area contributed by atoms with Crippen molar-refractivity contribution in [2.45, 2.75) is 79.1 Å². The van der Waals surface area contributed by atoms with Crippen molar-refractivity contribution >= 4 is 17.5 Å². The lowest BCUT2D eigenvalue weighted by molar-refractivity contribution is -0.163. The number of rotatable bonds is 1. The first-order valence-electron chi connectivity index (χ1n) is 12.5. The lowest BCUT2D eigenvalue weighted by Gasteiger charge is -2.63. The van der Waals surface area contributed by atoms with E-state index in [0.717, 1.165) is 37.7 Å². The van der Waals surface area contributed by atoms with E-state index in [1.807, 2.05) is 19.1 Å². The van der Waals surface area contributed by atoms with Crippen molar-refractivity contribution in [2.24, 2.45) is 45.3 Å². The van der Waals surface area contributed by atoms with Crippen LogP contribution in [-0.4, -0.2) is 22.6 Å². The van der Waals surface area contributed by atoms with E-state index in [1.165, 1.54) is 0 Å². The Morgan fingerprint density at radius 1 is 1.06 bits per heavy atom. The number of carbonyl (C=O) groups excluding carboxylic acids is 2. The molecule has 0 spiro atoms. The Balaban J connectivity index is 1.61. The molecule has 5 aliphatic rings. The van der Waals surface area contributed by atoms with Crippen LogP contribution in [0.2, 0.25) is 0 Å². The molecule has 0 aromatic heterocycles. The highest BCUT2D eigenvalue weighted by molar-refractivity contribution is 6.01. The predicted molar refractivity (Wildman–Crippen MR) is 123 cm³/mol. The Kier molecular flexibility index (Phi) is 4.72. The van der Waals surface area contributed by atoms with Gasteiger partial charge >= 0.3 is 5.97 Å². The number of nitrogens with zero attached hydrogens (tertiary/aromatic N) is 1. The van der Waals surface area contributed by atoms with Crippen LogP contribution in [0.5, 0.6) is 0 Å². The quantitative estimate of drug-likeness (QED) is 0.589. The van der Waals surface area contributed by atoms with E-state index in [9.17, 15) is 24.8 Å². The molecular weight excluding hydrogens is 414 g/mol. The Hall–Kier alpha value is -2.22. The molecule has 3 fully saturated rings. The summed E-state index contributed by atoms with van der Waals surface area (Å²) in [5.74, 6) is -0.417. The average molecular weight is 450 g/mol. The van der Waals surface area contributed by atoms with Crippen LogP contribution in [-0.2, 0) is 14.4 Å². The van der Waals surface area contributed by atoms with Crippen molar-refractivity contribution in [1.82, 2.24) is 0 Å². The van der Waals surface area contributed by atoms with Crippen LogP contribution in [0.4, 0.5) is 0 Å². The summed E-state index contributed by atoms with van der Waals surface area (Å²) in [7, 11) is 0. The minimum Gasteiger partial charge on any atom is -0.481 e. The molecule has 0 amide bonds. The molecule has 0 aromatic rings. The van der Waals surface area contributed by atoms with Gasteiger partial charge in [0.2, 0.25) is 0 Å². The van der Waals surface area contributed by atoms with E-state index >= 15 is 0 Å². The number of Topliss-reactive ketones (excluding diaryl/α,β-unsaturated/α-hetero) is 1. The molecule has 3 saturated carbocycles. The Morgan fingerprint density at radius 2 is 1.79 bits per heavy atom. The molecule has 0 aromatic carbocycles. The summed E-state index contributed by atoms with van der Waals surface area (Å²) in [6.07, 6.45) is 10.1. The number of carboxylic acids is 1. The van der Waals surface area contributed by atoms with Gasteiger partial charge in [0.1, 0.15) is 6.07 Å². The summed E-state index contributed by atoms with van der Waals surface area (Å²) in [6, 6.07) is 2.09. The smallest absolute Gasteiger partial charge is 0.309 e. The largest absolute Gasteiger partial charge is 0.481 e. The van der Waals surface area contributed by atoms with Crippen LogP contribution >= 0.6 is 0 Å². The van der Waals surface area contributed by atoms with Gasteiger partial charge in [-0.2, -0.15) is 5.26 Å². The molecule has 1 N–H and O–H groups in total. The van der Waals surface area contributed by atoms with E-state index in [1.54, 1.807) is 0 Å². The highest BCUT2D eigenvalue weighted by atomic mass is 16.4. The van der Waals surface area contributed by atoms with Gasteiger partial charge in [0.05, 0.1) is 11.0 Å². The van der Waals surface area contributed by atoms with Crippen LogP contribution in [0.15, 0.2) is 23.3 Å². The lowest BCUT2D eigenvalue weighted by Crippen LogP contribution is -2.59. The number of allylic oxidation sites excluding steroid dienone is 4. The average Bonchev–Trinajstić information content (AvgIpc) is 2.76. The second-order valence-corrected chi connectivity index (χ2v) is 12.7. The first kappa shape index (κ1) is 22.6. The van der Waals surface area contributed by atoms with Gasteiger partial charge in [0.15, 0.2) is 11.6 Å². The normalized spacial score (nSPS) is 48.8. The van der Waals surface area contributed by atoms with Gasteiger partial charge in [-0.3, -0.25) is 14.4 Å². The number of hydrogen-bond acceptors (Lipinski definition) is 4. The highest BCUT2D eigenvalue weighted by Crippen LogP contribution is 2.68. The number of carbonyl (C=O) groups is 3. The number of fused-ring (bicyclic) bond motifs is 7. The molecule has 0 aliphatic heterocycles. The first-order chi connectivity index (χ1) is 15.4. The summed E-state index contributed by atoms with van der Waals surface area (Å²) in [4.78, 5) is 38.4. The molecule has 0 radical (unpaired) electrons. The molecule has 5 nitrogen and oxygen atoms in total. The standard InChI is InChI=1S/C28H35NO4/c1-25-7-6-18-23(19(25)14-26(2,10-9-25)24(32)33)21(31)12-22-27(18,3)8-5-17-11-20(30)16(15-29)13-28(17,22)4/h12-13,17-19,23H,5-11,14H2,1-4H3,(H,32,33)/t17?,18?,19?,23?,25?,26-,27?,28?/m0/s1. The molecule has 5 rings (SSSR count). The zero-order chi connectivity index (χ0) is 24.0. The summed E-state index contributed by atoms with van der Waals surface area (Å²) in [6.45, 7) is 8.54. The molecule has 0 saturated heterocycles. The number of carboxylic acid groups (broad SMARTS) is 1.